The molecule has 1 aromatic carbocycles. The molecule has 0 bridgehead atoms. The van der Waals surface area contributed by atoms with Crippen molar-refractivity contribution in [3.63, 3.8) is 0 Å². The lowest BCUT2D eigenvalue weighted by atomic mass is 9.95. The maximum atomic E-state index is 11.4. The fourth-order valence-electron chi connectivity index (χ4n) is 3.78. The fraction of sp³-hybridized carbons (Fsp3) is 0.400. The first-order valence-corrected chi connectivity index (χ1v) is 8.92. The van der Waals surface area contributed by atoms with Crippen molar-refractivity contribution in [1.29, 1.82) is 0 Å². The van der Waals surface area contributed by atoms with Crippen LogP contribution in [-0.4, -0.2) is 41.2 Å². The average molecular weight is 337 g/mol. The number of carbonyl (C=O) groups is 1. The highest BCUT2D eigenvalue weighted by Crippen LogP contribution is 2.30. The van der Waals surface area contributed by atoms with Gasteiger partial charge in [-0.2, -0.15) is 0 Å². The molecule has 2 aromatic rings. The van der Waals surface area contributed by atoms with Gasteiger partial charge in [-0.1, -0.05) is 24.3 Å². The van der Waals surface area contributed by atoms with Crippen LogP contribution in [0.4, 0.5) is 4.79 Å². The summed E-state index contributed by atoms with van der Waals surface area (Å²) in [5.41, 5.74) is 3.16. The number of amides is 1. The molecule has 0 radical (unpaired) electrons. The summed E-state index contributed by atoms with van der Waals surface area (Å²) in [7, 11) is 0. The van der Waals surface area contributed by atoms with Crippen LogP contribution in [0.25, 0.3) is 11.3 Å². The Morgan fingerprint density at radius 2 is 2.12 bits per heavy atom. The number of rotatable bonds is 3. The van der Waals surface area contributed by atoms with E-state index in [2.05, 4.69) is 39.5 Å². The van der Waals surface area contributed by atoms with Crippen LogP contribution in [-0.2, 0) is 11.3 Å². The molecule has 5 nitrogen and oxygen atoms in total. The Morgan fingerprint density at radius 1 is 1.16 bits per heavy atom. The third-order valence-corrected chi connectivity index (χ3v) is 5.15. The van der Waals surface area contributed by atoms with Crippen LogP contribution in [0.2, 0.25) is 0 Å². The van der Waals surface area contributed by atoms with Crippen molar-refractivity contribution in [2.24, 2.45) is 0 Å². The predicted octanol–water partition coefficient (Wildman–Crippen LogP) is 3.21. The van der Waals surface area contributed by atoms with Gasteiger partial charge in [0.2, 0.25) is 0 Å². The van der Waals surface area contributed by atoms with Gasteiger partial charge in [0.1, 0.15) is 5.60 Å². The number of pyridine rings is 1. The van der Waals surface area contributed by atoms with Crippen molar-refractivity contribution in [2.45, 2.75) is 31.4 Å². The van der Waals surface area contributed by atoms with Gasteiger partial charge in [-0.3, -0.25) is 9.88 Å². The van der Waals surface area contributed by atoms with Crippen LogP contribution in [0.1, 0.15) is 24.8 Å². The average Bonchev–Trinajstić information content (AvgIpc) is 2.90. The molecule has 1 atom stereocenters. The molecule has 1 spiro atoms. The Bertz CT molecular complexity index is 750. The van der Waals surface area contributed by atoms with Gasteiger partial charge < -0.3 is 10.1 Å². The zero-order chi connectivity index (χ0) is 17.1. The summed E-state index contributed by atoms with van der Waals surface area (Å²) in [6.07, 6.45) is 4.45. The highest BCUT2D eigenvalue weighted by molar-refractivity contribution is 5.70. The second-order valence-corrected chi connectivity index (χ2v) is 6.97. The number of hydrogen-bond donors (Lipinski definition) is 1. The topological polar surface area (TPSA) is 54.5 Å². The first kappa shape index (κ1) is 16.1. The summed E-state index contributed by atoms with van der Waals surface area (Å²) in [4.78, 5) is 18.3. The van der Waals surface area contributed by atoms with E-state index in [4.69, 9.17) is 4.74 Å². The number of nitrogens with zero attached hydrogens (tertiary/aromatic N) is 2. The first-order valence-electron chi connectivity index (χ1n) is 8.92. The van der Waals surface area contributed by atoms with Gasteiger partial charge in [0.05, 0.1) is 12.2 Å². The lowest BCUT2D eigenvalue weighted by molar-refractivity contribution is 0.0443. The van der Waals surface area contributed by atoms with Crippen LogP contribution in [0.5, 0.6) is 0 Å². The Balaban J connectivity index is 1.43. The van der Waals surface area contributed by atoms with E-state index >= 15 is 0 Å². The van der Waals surface area contributed by atoms with E-state index in [-0.39, 0.29) is 11.7 Å². The second-order valence-electron chi connectivity index (χ2n) is 6.97. The molecular formula is C20H23N3O2. The molecule has 5 heteroatoms. The van der Waals surface area contributed by atoms with E-state index in [1.807, 2.05) is 24.4 Å². The molecule has 0 aliphatic carbocycles. The minimum absolute atomic E-state index is 0.267. The van der Waals surface area contributed by atoms with Crippen LogP contribution >= 0.6 is 0 Å². The third-order valence-electron chi connectivity index (χ3n) is 5.15. The van der Waals surface area contributed by atoms with Gasteiger partial charge in [-0.05, 0) is 43.1 Å². The smallest absolute Gasteiger partial charge is 0.407 e. The molecular weight excluding hydrogens is 314 g/mol. The highest BCUT2D eigenvalue weighted by Gasteiger charge is 2.41. The van der Waals surface area contributed by atoms with E-state index in [9.17, 15) is 4.79 Å². The molecule has 1 amide bonds. The number of alkyl carbamates (subject to hydrolysis) is 1. The Labute approximate surface area is 148 Å². The van der Waals surface area contributed by atoms with E-state index in [1.54, 1.807) is 0 Å². The number of benzene rings is 1. The largest absolute Gasteiger partial charge is 0.441 e. The van der Waals surface area contributed by atoms with Crippen molar-refractivity contribution in [2.75, 3.05) is 19.6 Å². The number of carbonyl (C=O) groups excluding carboxylic acids is 1. The van der Waals surface area contributed by atoms with Crippen LogP contribution in [0, 0.1) is 0 Å². The van der Waals surface area contributed by atoms with Crippen molar-refractivity contribution in [1.82, 2.24) is 15.2 Å². The number of nitrogens with one attached hydrogen (secondary N) is 1. The lowest BCUT2D eigenvalue weighted by Crippen LogP contribution is -2.34. The third kappa shape index (κ3) is 3.66. The molecule has 2 saturated heterocycles. The molecule has 2 fully saturated rings. The van der Waals surface area contributed by atoms with Gasteiger partial charge in [0.25, 0.3) is 0 Å². The molecule has 4 rings (SSSR count). The maximum absolute atomic E-state index is 11.4. The van der Waals surface area contributed by atoms with Crippen molar-refractivity contribution < 1.29 is 9.53 Å². The Hall–Kier alpha value is -2.40. The molecule has 0 unspecified atom stereocenters. The van der Waals surface area contributed by atoms with Gasteiger partial charge in [-0.25, -0.2) is 4.79 Å². The van der Waals surface area contributed by atoms with Crippen molar-refractivity contribution in [3.8, 4) is 11.3 Å². The normalized spacial score (nSPS) is 23.9. The number of likely N-dealkylation sites (tertiary alicyclic amines) is 1. The molecule has 1 N–H and O–H groups in total. The zero-order valence-electron chi connectivity index (χ0n) is 14.3. The van der Waals surface area contributed by atoms with Crippen LogP contribution in [0.15, 0.2) is 48.7 Å². The molecule has 25 heavy (non-hydrogen) atoms. The summed E-state index contributed by atoms with van der Waals surface area (Å²) in [5, 5.41) is 2.81. The van der Waals surface area contributed by atoms with E-state index < -0.39 is 0 Å². The van der Waals surface area contributed by atoms with Crippen LogP contribution in [0.3, 0.4) is 0 Å². The summed E-state index contributed by atoms with van der Waals surface area (Å²) in [5.74, 6) is 0. The lowest BCUT2D eigenvalue weighted by Gasteiger charge is -2.25. The van der Waals surface area contributed by atoms with Gasteiger partial charge in [0, 0.05) is 31.3 Å². The summed E-state index contributed by atoms with van der Waals surface area (Å²) in [6, 6.07) is 14.6. The standard InChI is InChI=1S/C20H23N3O2/c24-19-22-15-20(25-19)8-4-11-23(12-9-20)14-16-5-3-6-17(13-16)18-7-1-2-10-21-18/h1-3,5-7,10,13H,4,8-9,11-12,14-15H2,(H,22,24)/t20-/m0/s1. The number of ether oxygens (including phenoxy) is 1. The Morgan fingerprint density at radius 3 is 2.92 bits per heavy atom. The highest BCUT2D eigenvalue weighted by atomic mass is 16.6. The monoisotopic (exact) mass is 337 g/mol. The molecule has 1 aromatic heterocycles. The SMILES string of the molecule is O=C1NC[C@@]2(CCCN(Cc3cccc(-c4ccccn4)c3)CC2)O1. The quantitative estimate of drug-likeness (QED) is 0.934. The summed E-state index contributed by atoms with van der Waals surface area (Å²) < 4.78 is 5.56. The number of aromatic nitrogens is 1. The molecule has 2 aliphatic heterocycles. The second kappa shape index (κ2) is 6.84. The minimum Gasteiger partial charge on any atom is -0.441 e. The van der Waals surface area contributed by atoms with E-state index in [0.717, 1.165) is 50.2 Å². The van der Waals surface area contributed by atoms with E-state index in [1.165, 1.54) is 5.56 Å². The van der Waals surface area contributed by atoms with Gasteiger partial charge in [0.15, 0.2) is 0 Å². The minimum atomic E-state index is -0.290. The molecule has 0 saturated carbocycles. The molecule has 3 heterocycles. The predicted molar refractivity (Wildman–Crippen MR) is 96.0 cm³/mol. The van der Waals surface area contributed by atoms with Crippen molar-refractivity contribution in [3.05, 3.63) is 54.2 Å². The van der Waals surface area contributed by atoms with Gasteiger partial charge >= 0.3 is 6.09 Å². The zero-order valence-corrected chi connectivity index (χ0v) is 14.3. The first-order chi connectivity index (χ1) is 12.2. The Kier molecular flexibility index (Phi) is 4.40. The van der Waals surface area contributed by atoms with Crippen LogP contribution < -0.4 is 5.32 Å². The molecule has 130 valence electrons. The molecule has 2 aliphatic rings. The maximum Gasteiger partial charge on any atom is 0.407 e. The van der Waals surface area contributed by atoms with Crippen molar-refractivity contribution >= 4 is 6.09 Å². The fourth-order valence-corrected chi connectivity index (χ4v) is 3.78. The van der Waals surface area contributed by atoms with E-state index in [0.29, 0.717) is 6.54 Å². The summed E-state index contributed by atoms with van der Waals surface area (Å²) >= 11 is 0. The summed E-state index contributed by atoms with van der Waals surface area (Å²) in [6.45, 7) is 3.54. The van der Waals surface area contributed by atoms with Gasteiger partial charge in [-0.15, -0.1) is 0 Å². The number of hydrogen-bond acceptors (Lipinski definition) is 4.